The van der Waals surface area contributed by atoms with Crippen LogP contribution in [0.5, 0.6) is 5.75 Å². The summed E-state index contributed by atoms with van der Waals surface area (Å²) in [4.78, 5) is 11.2. The van der Waals surface area contributed by atoms with E-state index in [1.807, 2.05) is 0 Å². The fourth-order valence-corrected chi connectivity index (χ4v) is 8.17. The van der Waals surface area contributed by atoms with Gasteiger partial charge in [-0.1, -0.05) is 30.3 Å². The topological polar surface area (TPSA) is 69.1 Å². The number of aliphatic hydroxyl groups is 2. The van der Waals surface area contributed by atoms with Gasteiger partial charge in [0.2, 0.25) is 0 Å². The lowest BCUT2D eigenvalue weighted by atomic mass is 9.93. The second-order valence-electron chi connectivity index (χ2n) is 11.7. The minimum atomic E-state index is -0.0692. The highest BCUT2D eigenvalue weighted by atomic mass is 32.1. The zero-order valence-electron chi connectivity index (χ0n) is 23.2. The van der Waals surface area contributed by atoms with Crippen LogP contribution in [0.3, 0.4) is 0 Å². The summed E-state index contributed by atoms with van der Waals surface area (Å²) in [7, 11) is 0. The summed E-state index contributed by atoms with van der Waals surface area (Å²) in [5, 5.41) is 20.3. The van der Waals surface area contributed by atoms with Crippen molar-refractivity contribution in [1.82, 2.24) is 14.8 Å². The number of hydrogen-bond acceptors (Lipinski definition) is 7. The fourth-order valence-electron chi connectivity index (χ4n) is 6.94. The number of β-amino-alcohol motifs (C(OH)–C–C–N with tert-alkyl or cyclic N) is 1. The lowest BCUT2D eigenvalue weighted by molar-refractivity contribution is 0.160. The van der Waals surface area contributed by atoms with Crippen LogP contribution in [0.4, 0.5) is 0 Å². The van der Waals surface area contributed by atoms with E-state index in [1.165, 1.54) is 38.4 Å². The van der Waals surface area contributed by atoms with Crippen LogP contribution in [-0.4, -0.2) is 77.0 Å². The first kappa shape index (κ1) is 26.9. The molecule has 0 radical (unpaired) electrons. The second-order valence-corrected chi connectivity index (χ2v) is 12.7. The number of nitrogens with zero attached hydrogens (tertiary/aromatic N) is 3. The van der Waals surface area contributed by atoms with Gasteiger partial charge in [0.25, 0.3) is 0 Å². The average Bonchev–Trinajstić information content (AvgIpc) is 3.60. The number of likely N-dealkylation sites (tertiary alicyclic amines) is 1. The van der Waals surface area contributed by atoms with Crippen LogP contribution in [0.1, 0.15) is 41.0 Å². The average molecular weight is 548 g/mol. The van der Waals surface area contributed by atoms with Crippen LogP contribution < -0.4 is 4.74 Å². The second kappa shape index (κ2) is 11.7. The lowest BCUT2D eigenvalue weighted by Crippen LogP contribution is -2.32. The number of aliphatic hydroxyl groups excluding tert-OH is 2. The molecule has 2 unspecified atom stereocenters. The quantitative estimate of drug-likeness (QED) is 0.371. The van der Waals surface area contributed by atoms with Gasteiger partial charge in [0.05, 0.1) is 25.0 Å². The highest BCUT2D eigenvalue weighted by Gasteiger charge is 2.39. The number of benzene rings is 2. The lowest BCUT2D eigenvalue weighted by Gasteiger charge is -2.24. The molecule has 2 atom stereocenters. The van der Waals surface area contributed by atoms with Crippen molar-refractivity contribution in [1.29, 1.82) is 0 Å². The molecule has 0 amide bonds. The van der Waals surface area contributed by atoms with E-state index in [2.05, 4.69) is 60.0 Å². The summed E-state index contributed by atoms with van der Waals surface area (Å²) in [6, 6.07) is 12.9. The van der Waals surface area contributed by atoms with Gasteiger partial charge in [0.1, 0.15) is 10.8 Å². The molecule has 3 heterocycles. The van der Waals surface area contributed by atoms with Crippen molar-refractivity contribution >= 4 is 11.3 Å². The van der Waals surface area contributed by atoms with Crippen LogP contribution in [-0.2, 0) is 13.0 Å². The van der Waals surface area contributed by atoms with E-state index in [0.29, 0.717) is 11.8 Å². The monoisotopic (exact) mass is 547 g/mol. The van der Waals surface area contributed by atoms with Gasteiger partial charge in [-0.3, -0.25) is 4.90 Å². The normalized spacial score (nSPS) is 23.2. The van der Waals surface area contributed by atoms with Crippen molar-refractivity contribution in [3.63, 3.8) is 0 Å². The van der Waals surface area contributed by atoms with Crippen molar-refractivity contribution in [3.05, 3.63) is 58.1 Å². The Morgan fingerprint density at radius 2 is 1.67 bits per heavy atom. The highest BCUT2D eigenvalue weighted by Crippen LogP contribution is 2.40. The van der Waals surface area contributed by atoms with E-state index in [4.69, 9.17) is 9.72 Å². The molecule has 7 heteroatoms. The summed E-state index contributed by atoms with van der Waals surface area (Å²) < 4.78 is 6.31. The molecule has 1 saturated carbocycles. The third-order valence-corrected chi connectivity index (χ3v) is 10.2. The van der Waals surface area contributed by atoms with Crippen LogP contribution in [0, 0.1) is 25.7 Å². The molecule has 2 fully saturated rings. The summed E-state index contributed by atoms with van der Waals surface area (Å²) in [5.41, 5.74) is 7.30. The van der Waals surface area contributed by atoms with Crippen molar-refractivity contribution in [2.45, 2.75) is 52.2 Å². The highest BCUT2D eigenvalue weighted by molar-refractivity contribution is 7.15. The third kappa shape index (κ3) is 5.66. The molecule has 0 spiro atoms. The van der Waals surface area contributed by atoms with E-state index in [-0.39, 0.29) is 12.7 Å². The van der Waals surface area contributed by atoms with E-state index in [1.54, 1.807) is 11.3 Å². The van der Waals surface area contributed by atoms with Gasteiger partial charge < -0.3 is 19.8 Å². The van der Waals surface area contributed by atoms with Gasteiger partial charge in [-0.15, -0.1) is 11.3 Å². The first-order valence-corrected chi connectivity index (χ1v) is 15.4. The summed E-state index contributed by atoms with van der Waals surface area (Å²) in [6.45, 7) is 11.2. The molecule has 1 aromatic heterocycles. The van der Waals surface area contributed by atoms with Crippen molar-refractivity contribution in [2.24, 2.45) is 11.8 Å². The van der Waals surface area contributed by atoms with Crippen molar-refractivity contribution < 1.29 is 14.9 Å². The molecule has 3 aromatic rings. The number of aromatic nitrogens is 1. The molecule has 2 N–H and O–H groups in total. The SMILES string of the molecule is Cc1c(OCCCN2CC3CC(O)CC3C2)cccc1-c1cccc(-c2nc3c(s2)CN(CCO)CC3)c1C. The summed E-state index contributed by atoms with van der Waals surface area (Å²) in [5.74, 6) is 2.34. The number of thiazole rings is 1. The van der Waals surface area contributed by atoms with Crippen molar-refractivity contribution in [3.8, 4) is 27.4 Å². The smallest absolute Gasteiger partial charge is 0.124 e. The largest absolute Gasteiger partial charge is 0.493 e. The Morgan fingerprint density at radius 3 is 2.44 bits per heavy atom. The van der Waals surface area contributed by atoms with Gasteiger partial charge in [0.15, 0.2) is 0 Å². The Hall–Kier alpha value is -2.29. The number of fused-ring (bicyclic) bond motifs is 2. The van der Waals surface area contributed by atoms with Gasteiger partial charge in [0, 0.05) is 56.1 Å². The Labute approximate surface area is 236 Å². The summed E-state index contributed by atoms with van der Waals surface area (Å²) in [6.07, 6.45) is 3.87. The zero-order valence-corrected chi connectivity index (χ0v) is 24.1. The molecule has 3 aliphatic rings. The molecule has 1 aliphatic carbocycles. The molecular formula is C32H41N3O3S. The van der Waals surface area contributed by atoms with Crippen LogP contribution in [0.25, 0.3) is 21.7 Å². The van der Waals surface area contributed by atoms with E-state index in [0.717, 1.165) is 82.3 Å². The van der Waals surface area contributed by atoms with Gasteiger partial charge in [-0.05, 0) is 73.3 Å². The fraction of sp³-hybridized carbons (Fsp3) is 0.531. The minimum Gasteiger partial charge on any atom is -0.493 e. The maximum Gasteiger partial charge on any atom is 0.124 e. The molecule has 2 aliphatic heterocycles. The maximum absolute atomic E-state index is 9.89. The summed E-state index contributed by atoms with van der Waals surface area (Å²) >= 11 is 1.80. The number of hydrogen-bond donors (Lipinski definition) is 2. The Bertz CT molecular complexity index is 1290. The number of ether oxygens (including phenoxy) is 1. The molecule has 39 heavy (non-hydrogen) atoms. The first-order chi connectivity index (χ1) is 19.0. The molecule has 208 valence electrons. The van der Waals surface area contributed by atoms with Gasteiger partial charge in [-0.2, -0.15) is 0 Å². The van der Waals surface area contributed by atoms with Crippen LogP contribution in [0.2, 0.25) is 0 Å². The zero-order chi connectivity index (χ0) is 26.9. The molecule has 2 aromatic carbocycles. The van der Waals surface area contributed by atoms with E-state index >= 15 is 0 Å². The van der Waals surface area contributed by atoms with Crippen molar-refractivity contribution in [2.75, 3.05) is 45.9 Å². The van der Waals surface area contributed by atoms with Crippen LogP contribution >= 0.6 is 11.3 Å². The predicted molar refractivity (Wildman–Crippen MR) is 157 cm³/mol. The molecular weight excluding hydrogens is 506 g/mol. The van der Waals surface area contributed by atoms with Crippen LogP contribution in [0.15, 0.2) is 36.4 Å². The Morgan fingerprint density at radius 1 is 0.949 bits per heavy atom. The third-order valence-electron chi connectivity index (χ3n) is 9.04. The number of rotatable bonds is 9. The Balaban J connectivity index is 1.12. The molecule has 1 saturated heterocycles. The van der Waals surface area contributed by atoms with E-state index in [9.17, 15) is 10.2 Å². The Kier molecular flexibility index (Phi) is 8.05. The molecule has 0 bridgehead atoms. The standard InChI is InChI=1S/C32H41N3O3S/c1-21-26(6-3-8-28(21)32-33-29-10-12-34(13-14-36)20-31(29)39-32)27-7-4-9-30(22(27)2)38-15-5-11-35-18-23-16-25(37)17-24(23)19-35/h3-4,6-9,23-25,36-37H,5,10-20H2,1-2H3. The van der Waals surface area contributed by atoms with Gasteiger partial charge >= 0.3 is 0 Å². The molecule has 6 nitrogen and oxygen atoms in total. The van der Waals surface area contributed by atoms with Gasteiger partial charge in [-0.25, -0.2) is 4.98 Å². The van der Waals surface area contributed by atoms with E-state index < -0.39 is 0 Å². The first-order valence-electron chi connectivity index (χ1n) is 14.5. The predicted octanol–water partition coefficient (Wildman–Crippen LogP) is 4.92. The maximum atomic E-state index is 9.89. The minimum absolute atomic E-state index is 0.0692. The molecule has 6 rings (SSSR count).